The highest BCUT2D eigenvalue weighted by molar-refractivity contribution is 6.30. The molecule has 0 aliphatic rings. The van der Waals surface area contributed by atoms with Gasteiger partial charge in [-0.25, -0.2) is 4.39 Å². The normalized spacial score (nSPS) is 10.2. The second kappa shape index (κ2) is 7.09. The third-order valence-electron chi connectivity index (χ3n) is 2.98. The van der Waals surface area contributed by atoms with Gasteiger partial charge in [-0.2, -0.15) is 0 Å². The highest BCUT2D eigenvalue weighted by atomic mass is 35.5. The zero-order valence-electron chi connectivity index (χ0n) is 11.6. The van der Waals surface area contributed by atoms with Crippen LogP contribution in [0, 0.1) is 5.82 Å². The number of anilines is 1. The number of nitrogens with one attached hydrogen (secondary N) is 2. The van der Waals surface area contributed by atoms with Gasteiger partial charge in [0.25, 0.3) is 5.91 Å². The lowest BCUT2D eigenvalue weighted by atomic mass is 10.1. The molecule has 2 rings (SSSR count). The number of hydrogen-bond acceptors (Lipinski definition) is 2. The fourth-order valence-electron chi connectivity index (χ4n) is 1.92. The number of rotatable bonds is 5. The zero-order valence-corrected chi connectivity index (χ0v) is 12.4. The van der Waals surface area contributed by atoms with E-state index >= 15 is 0 Å². The molecule has 0 atom stereocenters. The molecule has 110 valence electrons. The molecule has 1 amide bonds. The van der Waals surface area contributed by atoms with E-state index < -0.39 is 5.82 Å². The Hall–Kier alpha value is -2.07. The number of carbonyl (C=O) groups is 1. The summed E-state index contributed by atoms with van der Waals surface area (Å²) in [5, 5.41) is 5.93. The van der Waals surface area contributed by atoms with Crippen LogP contribution in [-0.2, 0) is 6.54 Å². The van der Waals surface area contributed by atoms with Crippen molar-refractivity contribution in [3.63, 3.8) is 0 Å². The summed E-state index contributed by atoms with van der Waals surface area (Å²) >= 11 is 5.74. The molecule has 2 aromatic rings. The lowest BCUT2D eigenvalue weighted by Crippen LogP contribution is -2.22. The van der Waals surface area contributed by atoms with Gasteiger partial charge in [-0.3, -0.25) is 4.79 Å². The second-order valence-corrected chi connectivity index (χ2v) is 4.91. The molecule has 21 heavy (non-hydrogen) atoms. The average molecular weight is 307 g/mol. The Balaban J connectivity index is 2.08. The molecule has 0 radical (unpaired) electrons. The lowest BCUT2D eigenvalue weighted by Gasteiger charge is -2.09. The van der Waals surface area contributed by atoms with E-state index in [1.165, 1.54) is 6.07 Å². The molecule has 0 unspecified atom stereocenters. The fourth-order valence-corrected chi connectivity index (χ4v) is 2.11. The molecule has 0 bridgehead atoms. The van der Waals surface area contributed by atoms with E-state index in [1.54, 1.807) is 30.3 Å². The van der Waals surface area contributed by atoms with E-state index in [0.717, 1.165) is 5.69 Å². The number of amides is 1. The SMILES string of the molecule is CCNC(=O)c1cccc(NCc2cccc(Cl)c2F)c1. The van der Waals surface area contributed by atoms with Crippen LogP contribution in [-0.4, -0.2) is 12.5 Å². The Morgan fingerprint density at radius 1 is 1.24 bits per heavy atom. The Kier molecular flexibility index (Phi) is 5.17. The molecule has 0 heterocycles. The van der Waals surface area contributed by atoms with Crippen molar-refractivity contribution in [2.45, 2.75) is 13.5 Å². The van der Waals surface area contributed by atoms with Gasteiger partial charge in [0.05, 0.1) is 5.02 Å². The third kappa shape index (κ3) is 3.95. The van der Waals surface area contributed by atoms with Crippen LogP contribution in [0.4, 0.5) is 10.1 Å². The quantitative estimate of drug-likeness (QED) is 0.881. The number of hydrogen-bond donors (Lipinski definition) is 2. The molecule has 0 saturated heterocycles. The summed E-state index contributed by atoms with van der Waals surface area (Å²) in [6.45, 7) is 2.73. The van der Waals surface area contributed by atoms with Crippen LogP contribution < -0.4 is 10.6 Å². The summed E-state index contributed by atoms with van der Waals surface area (Å²) in [6.07, 6.45) is 0. The molecule has 0 fully saturated rings. The molecular weight excluding hydrogens is 291 g/mol. The van der Waals surface area contributed by atoms with Crippen molar-refractivity contribution in [1.82, 2.24) is 5.32 Å². The van der Waals surface area contributed by atoms with Crippen molar-refractivity contribution in [3.8, 4) is 0 Å². The largest absolute Gasteiger partial charge is 0.381 e. The summed E-state index contributed by atoms with van der Waals surface area (Å²) in [6, 6.07) is 11.9. The topological polar surface area (TPSA) is 41.1 Å². The number of carbonyl (C=O) groups excluding carboxylic acids is 1. The van der Waals surface area contributed by atoms with Crippen molar-refractivity contribution < 1.29 is 9.18 Å². The maximum absolute atomic E-state index is 13.8. The summed E-state index contributed by atoms with van der Waals surface area (Å²) in [7, 11) is 0. The molecule has 3 nitrogen and oxygen atoms in total. The van der Waals surface area contributed by atoms with E-state index in [9.17, 15) is 9.18 Å². The van der Waals surface area contributed by atoms with Gasteiger partial charge in [0.2, 0.25) is 0 Å². The molecule has 2 aromatic carbocycles. The molecule has 5 heteroatoms. The van der Waals surface area contributed by atoms with E-state index in [-0.39, 0.29) is 10.9 Å². The van der Waals surface area contributed by atoms with Gasteiger partial charge in [0, 0.05) is 29.9 Å². The van der Waals surface area contributed by atoms with Gasteiger partial charge in [0.1, 0.15) is 5.82 Å². The van der Waals surface area contributed by atoms with Gasteiger partial charge in [-0.1, -0.05) is 29.8 Å². The van der Waals surface area contributed by atoms with E-state index in [0.29, 0.717) is 24.2 Å². The van der Waals surface area contributed by atoms with Crippen molar-refractivity contribution in [2.75, 3.05) is 11.9 Å². The maximum Gasteiger partial charge on any atom is 0.251 e. The van der Waals surface area contributed by atoms with Crippen molar-refractivity contribution in [1.29, 1.82) is 0 Å². The first-order chi connectivity index (χ1) is 10.1. The van der Waals surface area contributed by atoms with Crippen LogP contribution in [0.5, 0.6) is 0 Å². The fraction of sp³-hybridized carbons (Fsp3) is 0.188. The minimum absolute atomic E-state index is 0.102. The summed E-state index contributed by atoms with van der Waals surface area (Å²) in [5.41, 5.74) is 1.79. The van der Waals surface area contributed by atoms with Crippen LogP contribution in [0.25, 0.3) is 0 Å². The Morgan fingerprint density at radius 2 is 2.00 bits per heavy atom. The smallest absolute Gasteiger partial charge is 0.251 e. The first kappa shape index (κ1) is 15.3. The summed E-state index contributed by atoms with van der Waals surface area (Å²) in [4.78, 5) is 11.8. The van der Waals surface area contributed by atoms with Gasteiger partial charge < -0.3 is 10.6 Å². The lowest BCUT2D eigenvalue weighted by molar-refractivity contribution is 0.0956. The van der Waals surface area contributed by atoms with Crippen molar-refractivity contribution >= 4 is 23.2 Å². The van der Waals surface area contributed by atoms with Crippen molar-refractivity contribution in [2.24, 2.45) is 0 Å². The molecular formula is C16H16ClFN2O. The molecule has 0 saturated carbocycles. The zero-order chi connectivity index (χ0) is 15.2. The minimum Gasteiger partial charge on any atom is -0.381 e. The van der Waals surface area contributed by atoms with Crippen LogP contribution in [0.3, 0.4) is 0 Å². The Morgan fingerprint density at radius 3 is 2.76 bits per heavy atom. The van der Waals surface area contributed by atoms with E-state index in [1.807, 2.05) is 13.0 Å². The van der Waals surface area contributed by atoms with E-state index in [4.69, 9.17) is 11.6 Å². The number of halogens is 2. The van der Waals surface area contributed by atoms with Crippen molar-refractivity contribution in [3.05, 3.63) is 64.4 Å². The van der Waals surface area contributed by atoms with Gasteiger partial charge in [0.15, 0.2) is 0 Å². The van der Waals surface area contributed by atoms with Crippen LogP contribution >= 0.6 is 11.6 Å². The predicted molar refractivity (Wildman–Crippen MR) is 83.2 cm³/mol. The third-order valence-corrected chi connectivity index (χ3v) is 3.27. The van der Waals surface area contributed by atoms with Crippen LogP contribution in [0.15, 0.2) is 42.5 Å². The van der Waals surface area contributed by atoms with Crippen LogP contribution in [0.1, 0.15) is 22.8 Å². The highest BCUT2D eigenvalue weighted by Crippen LogP contribution is 2.19. The van der Waals surface area contributed by atoms with Gasteiger partial charge in [-0.15, -0.1) is 0 Å². The monoisotopic (exact) mass is 306 g/mol. The predicted octanol–water partition coefficient (Wildman–Crippen LogP) is 3.84. The number of benzene rings is 2. The molecule has 0 aromatic heterocycles. The maximum atomic E-state index is 13.8. The molecule has 2 N–H and O–H groups in total. The highest BCUT2D eigenvalue weighted by Gasteiger charge is 2.07. The van der Waals surface area contributed by atoms with Gasteiger partial charge in [-0.05, 0) is 31.2 Å². The first-order valence-electron chi connectivity index (χ1n) is 6.67. The van der Waals surface area contributed by atoms with Crippen LogP contribution in [0.2, 0.25) is 5.02 Å². The molecule has 0 spiro atoms. The standard InChI is InChI=1S/C16H16ClFN2O/c1-2-19-16(21)11-5-3-7-13(9-11)20-10-12-6-4-8-14(17)15(12)18/h3-9,20H,2,10H2,1H3,(H,19,21). The summed E-state index contributed by atoms with van der Waals surface area (Å²) < 4.78 is 13.8. The molecule has 0 aliphatic heterocycles. The Bertz CT molecular complexity index is 646. The van der Waals surface area contributed by atoms with E-state index in [2.05, 4.69) is 10.6 Å². The average Bonchev–Trinajstić information content (AvgIpc) is 2.49. The Labute approximate surface area is 128 Å². The minimum atomic E-state index is -0.424. The first-order valence-corrected chi connectivity index (χ1v) is 7.04. The van der Waals surface area contributed by atoms with Gasteiger partial charge >= 0.3 is 0 Å². The second-order valence-electron chi connectivity index (χ2n) is 4.51. The molecule has 0 aliphatic carbocycles. The summed E-state index contributed by atoms with van der Waals surface area (Å²) in [5.74, 6) is -0.554.